The van der Waals surface area contributed by atoms with E-state index in [1.807, 2.05) is 0 Å². The van der Waals surface area contributed by atoms with Gasteiger partial charge in [0.25, 0.3) is 0 Å². The fourth-order valence-electron chi connectivity index (χ4n) is 2.85. The van der Waals surface area contributed by atoms with E-state index in [1.165, 1.54) is 40.6 Å². The van der Waals surface area contributed by atoms with Crippen LogP contribution in [0.1, 0.15) is 17.5 Å². The molecule has 2 N–H and O–H groups in total. The van der Waals surface area contributed by atoms with E-state index in [2.05, 4.69) is 18.2 Å². The molecule has 5 heteroatoms. The predicted molar refractivity (Wildman–Crippen MR) is 77.8 cm³/mol. The molecular formula is C15H19NO3S. The van der Waals surface area contributed by atoms with Crippen molar-refractivity contribution in [3.05, 3.63) is 29.3 Å². The van der Waals surface area contributed by atoms with Crippen LogP contribution in [0.4, 0.5) is 0 Å². The van der Waals surface area contributed by atoms with E-state index < -0.39 is 12.2 Å². The van der Waals surface area contributed by atoms with Crippen LogP contribution in [0.25, 0.3) is 0 Å². The molecule has 3 rings (SSSR count). The molecule has 1 saturated heterocycles. The van der Waals surface area contributed by atoms with Crippen LogP contribution in [0.3, 0.4) is 0 Å². The van der Waals surface area contributed by atoms with Crippen LogP contribution < -0.4 is 0 Å². The molecule has 108 valence electrons. The number of carbonyl (C=O) groups excluding carboxylic acids is 1. The fourth-order valence-corrected chi connectivity index (χ4v) is 3.71. The van der Waals surface area contributed by atoms with Crippen molar-refractivity contribution >= 4 is 17.7 Å². The quantitative estimate of drug-likeness (QED) is 0.811. The summed E-state index contributed by atoms with van der Waals surface area (Å²) in [5.74, 6) is 0.337. The van der Waals surface area contributed by atoms with Crippen LogP contribution >= 0.6 is 11.8 Å². The highest BCUT2D eigenvalue weighted by Crippen LogP contribution is 2.27. The number of nitrogens with zero attached hydrogens (tertiary/aromatic N) is 1. The van der Waals surface area contributed by atoms with Crippen molar-refractivity contribution in [2.75, 3.05) is 18.8 Å². The summed E-state index contributed by atoms with van der Waals surface area (Å²) in [5, 5.41) is 18.9. The Morgan fingerprint density at radius 1 is 1.20 bits per heavy atom. The molecule has 0 aromatic heterocycles. The Balaban J connectivity index is 1.56. The molecule has 0 bridgehead atoms. The maximum absolute atomic E-state index is 12.0. The number of aliphatic hydroxyl groups excluding tert-OH is 2. The van der Waals surface area contributed by atoms with Crippen molar-refractivity contribution in [1.29, 1.82) is 0 Å². The summed E-state index contributed by atoms with van der Waals surface area (Å²) in [6, 6.07) is 6.43. The zero-order valence-electron chi connectivity index (χ0n) is 11.3. The lowest BCUT2D eigenvalue weighted by atomic mass is 10.1. The highest BCUT2D eigenvalue weighted by atomic mass is 32.2. The zero-order valence-corrected chi connectivity index (χ0v) is 12.1. The minimum absolute atomic E-state index is 0.0221. The van der Waals surface area contributed by atoms with E-state index in [0.29, 0.717) is 5.75 Å². The molecule has 2 atom stereocenters. The molecule has 1 amide bonds. The molecule has 0 unspecified atom stereocenters. The first kappa shape index (κ1) is 13.9. The summed E-state index contributed by atoms with van der Waals surface area (Å²) in [5.41, 5.74) is 2.85. The lowest BCUT2D eigenvalue weighted by Gasteiger charge is -2.15. The molecule has 1 aliphatic carbocycles. The zero-order chi connectivity index (χ0) is 14.1. The Labute approximate surface area is 122 Å². The van der Waals surface area contributed by atoms with Gasteiger partial charge in [-0.2, -0.15) is 0 Å². The Morgan fingerprint density at radius 2 is 1.90 bits per heavy atom. The van der Waals surface area contributed by atoms with E-state index in [1.54, 1.807) is 0 Å². The number of thioether (sulfide) groups is 1. The van der Waals surface area contributed by atoms with E-state index in [0.717, 1.165) is 11.3 Å². The molecule has 1 heterocycles. The summed E-state index contributed by atoms with van der Waals surface area (Å²) in [7, 11) is 0. The number of likely N-dealkylation sites (tertiary alicyclic amines) is 1. The second-order valence-corrected chi connectivity index (χ2v) is 6.55. The van der Waals surface area contributed by atoms with E-state index in [-0.39, 0.29) is 19.0 Å². The molecule has 0 radical (unpaired) electrons. The van der Waals surface area contributed by atoms with Crippen LogP contribution in [0.15, 0.2) is 23.1 Å². The van der Waals surface area contributed by atoms with Gasteiger partial charge in [-0.05, 0) is 42.5 Å². The molecule has 20 heavy (non-hydrogen) atoms. The van der Waals surface area contributed by atoms with Gasteiger partial charge in [-0.15, -0.1) is 11.8 Å². The number of fused-ring (bicyclic) bond motifs is 1. The van der Waals surface area contributed by atoms with Gasteiger partial charge in [0.2, 0.25) is 5.91 Å². The first-order valence-corrected chi connectivity index (χ1v) is 8.00. The van der Waals surface area contributed by atoms with Gasteiger partial charge in [0.05, 0.1) is 18.0 Å². The van der Waals surface area contributed by atoms with E-state index >= 15 is 0 Å². The monoisotopic (exact) mass is 293 g/mol. The topological polar surface area (TPSA) is 60.8 Å². The summed E-state index contributed by atoms with van der Waals surface area (Å²) < 4.78 is 0. The van der Waals surface area contributed by atoms with Crippen molar-refractivity contribution in [2.24, 2.45) is 0 Å². The van der Waals surface area contributed by atoms with Gasteiger partial charge in [-0.1, -0.05) is 6.07 Å². The average Bonchev–Trinajstić information content (AvgIpc) is 3.03. The van der Waals surface area contributed by atoms with Gasteiger partial charge in [0, 0.05) is 18.0 Å². The van der Waals surface area contributed by atoms with Crippen molar-refractivity contribution in [1.82, 2.24) is 4.90 Å². The number of hydrogen-bond donors (Lipinski definition) is 2. The first-order chi connectivity index (χ1) is 9.63. The number of aliphatic hydroxyl groups is 2. The second-order valence-electron chi connectivity index (χ2n) is 5.51. The standard InChI is InChI=1S/C15H19NO3S/c17-13-7-16(8-14(13)18)15(19)9-20-12-5-4-10-2-1-3-11(10)6-12/h4-6,13-14,17-18H,1-3,7-9H2/t13-,14+. The molecule has 2 aliphatic rings. The second kappa shape index (κ2) is 5.76. The highest BCUT2D eigenvalue weighted by molar-refractivity contribution is 8.00. The lowest BCUT2D eigenvalue weighted by molar-refractivity contribution is -0.127. The minimum atomic E-state index is -0.802. The summed E-state index contributed by atoms with van der Waals surface area (Å²) >= 11 is 1.53. The third kappa shape index (κ3) is 2.85. The Hall–Kier alpha value is -1.04. The summed E-state index contributed by atoms with van der Waals surface area (Å²) in [6.07, 6.45) is 1.93. The first-order valence-electron chi connectivity index (χ1n) is 7.02. The van der Waals surface area contributed by atoms with Crippen molar-refractivity contribution in [2.45, 2.75) is 36.4 Å². The van der Waals surface area contributed by atoms with Crippen LogP contribution in [0, 0.1) is 0 Å². The average molecular weight is 293 g/mol. The van der Waals surface area contributed by atoms with Gasteiger partial charge in [0.15, 0.2) is 0 Å². The number of aryl methyl sites for hydroxylation is 2. The van der Waals surface area contributed by atoms with Gasteiger partial charge in [-0.25, -0.2) is 0 Å². The maximum atomic E-state index is 12.0. The molecule has 1 aromatic carbocycles. The van der Waals surface area contributed by atoms with E-state index in [9.17, 15) is 15.0 Å². The van der Waals surface area contributed by atoms with Crippen molar-refractivity contribution < 1.29 is 15.0 Å². The number of benzene rings is 1. The van der Waals surface area contributed by atoms with Crippen LogP contribution in [-0.4, -0.2) is 52.1 Å². The Morgan fingerprint density at radius 3 is 2.65 bits per heavy atom. The highest BCUT2D eigenvalue weighted by Gasteiger charge is 2.32. The molecule has 0 spiro atoms. The third-order valence-electron chi connectivity index (χ3n) is 4.04. The van der Waals surface area contributed by atoms with Gasteiger partial charge in [0.1, 0.15) is 0 Å². The summed E-state index contributed by atoms with van der Waals surface area (Å²) in [4.78, 5) is 14.7. The predicted octanol–water partition coefficient (Wildman–Crippen LogP) is 0.831. The SMILES string of the molecule is O=C(CSc1ccc2c(c1)CCC2)N1C[C@@H](O)[C@@H](O)C1. The van der Waals surface area contributed by atoms with Crippen LogP contribution in [0.2, 0.25) is 0 Å². The van der Waals surface area contributed by atoms with Gasteiger partial charge in [-0.3, -0.25) is 4.79 Å². The van der Waals surface area contributed by atoms with Gasteiger partial charge < -0.3 is 15.1 Å². The third-order valence-corrected chi connectivity index (χ3v) is 5.02. The fraction of sp³-hybridized carbons (Fsp3) is 0.533. The molecule has 1 aliphatic heterocycles. The lowest BCUT2D eigenvalue weighted by Crippen LogP contribution is -2.31. The largest absolute Gasteiger partial charge is 0.388 e. The van der Waals surface area contributed by atoms with Crippen LogP contribution in [0.5, 0.6) is 0 Å². The molecule has 0 saturated carbocycles. The number of hydrogen-bond acceptors (Lipinski definition) is 4. The molecule has 4 nitrogen and oxygen atoms in total. The van der Waals surface area contributed by atoms with Crippen molar-refractivity contribution in [3.63, 3.8) is 0 Å². The minimum Gasteiger partial charge on any atom is -0.388 e. The van der Waals surface area contributed by atoms with Crippen molar-refractivity contribution in [3.8, 4) is 0 Å². The maximum Gasteiger partial charge on any atom is 0.233 e. The number of rotatable bonds is 3. The molecular weight excluding hydrogens is 274 g/mol. The Kier molecular flexibility index (Phi) is 4.01. The molecule has 1 fully saturated rings. The molecule has 1 aromatic rings. The van der Waals surface area contributed by atoms with Gasteiger partial charge >= 0.3 is 0 Å². The van der Waals surface area contributed by atoms with Crippen LogP contribution in [-0.2, 0) is 17.6 Å². The number of β-amino-alcohol motifs (C(OH)–C–C–N with tert-alkyl or cyclic N) is 2. The number of amides is 1. The van der Waals surface area contributed by atoms with E-state index in [4.69, 9.17) is 0 Å². The normalized spacial score (nSPS) is 25.0. The smallest absolute Gasteiger partial charge is 0.233 e. The number of carbonyl (C=O) groups is 1. The summed E-state index contributed by atoms with van der Waals surface area (Å²) in [6.45, 7) is 0.482. The Bertz CT molecular complexity index is 510.